The molecule has 1 aliphatic carbocycles. The minimum atomic E-state index is -0.755. The molecule has 2 amide bonds. The number of hydrogen-bond acceptors (Lipinski definition) is 5. The van der Waals surface area contributed by atoms with Crippen molar-refractivity contribution in [2.75, 3.05) is 13.2 Å². The Labute approximate surface area is 189 Å². The number of ether oxygens (including phenoxy) is 2. The van der Waals surface area contributed by atoms with Crippen molar-refractivity contribution in [3.8, 4) is 5.75 Å². The zero-order valence-corrected chi connectivity index (χ0v) is 18.7. The molecule has 0 bridgehead atoms. The SMILES string of the molecule is CCN=CC/C=C1\CC=CC=C(NC(=O)NC2CC(C(=O)OCC)Oc3ccccc32)C1. The van der Waals surface area contributed by atoms with Gasteiger partial charge in [-0.05, 0) is 32.4 Å². The molecule has 0 saturated carbocycles. The molecular weight excluding hydrogens is 406 g/mol. The van der Waals surface area contributed by atoms with E-state index < -0.39 is 12.1 Å². The highest BCUT2D eigenvalue weighted by Crippen LogP contribution is 2.35. The van der Waals surface area contributed by atoms with Crippen molar-refractivity contribution in [2.45, 2.75) is 51.7 Å². The van der Waals surface area contributed by atoms with Gasteiger partial charge in [-0.1, -0.05) is 42.0 Å². The van der Waals surface area contributed by atoms with Gasteiger partial charge in [0.15, 0.2) is 6.10 Å². The highest BCUT2D eigenvalue weighted by molar-refractivity contribution is 5.78. The van der Waals surface area contributed by atoms with E-state index in [-0.39, 0.29) is 18.7 Å². The normalized spacial score (nSPS) is 21.3. The van der Waals surface area contributed by atoms with Crippen LogP contribution < -0.4 is 15.4 Å². The summed E-state index contributed by atoms with van der Waals surface area (Å²) in [6.07, 6.45) is 11.9. The number of benzene rings is 1. The van der Waals surface area contributed by atoms with Crippen LogP contribution in [0.15, 0.2) is 64.8 Å². The van der Waals surface area contributed by atoms with Crippen LogP contribution in [0.2, 0.25) is 0 Å². The molecule has 32 heavy (non-hydrogen) atoms. The van der Waals surface area contributed by atoms with Crippen LogP contribution in [-0.2, 0) is 9.53 Å². The number of allylic oxidation sites excluding steroid dienone is 5. The molecule has 3 rings (SSSR count). The summed E-state index contributed by atoms with van der Waals surface area (Å²) < 4.78 is 10.9. The molecule has 1 aromatic carbocycles. The number of hydrogen-bond donors (Lipinski definition) is 2. The molecular formula is C25H31N3O4. The first-order chi connectivity index (χ1) is 15.6. The van der Waals surface area contributed by atoms with E-state index in [1.54, 1.807) is 13.0 Å². The first-order valence-corrected chi connectivity index (χ1v) is 11.1. The monoisotopic (exact) mass is 437 g/mol. The third-order valence-corrected chi connectivity index (χ3v) is 5.20. The van der Waals surface area contributed by atoms with Crippen LogP contribution in [-0.4, -0.2) is 37.5 Å². The molecule has 0 fully saturated rings. The summed E-state index contributed by atoms with van der Waals surface area (Å²) >= 11 is 0. The van der Waals surface area contributed by atoms with E-state index >= 15 is 0 Å². The molecule has 170 valence electrons. The van der Waals surface area contributed by atoms with Crippen molar-refractivity contribution in [1.82, 2.24) is 10.6 Å². The Bertz CT molecular complexity index is 933. The van der Waals surface area contributed by atoms with Gasteiger partial charge < -0.3 is 20.1 Å². The van der Waals surface area contributed by atoms with Crippen molar-refractivity contribution >= 4 is 18.2 Å². The molecule has 2 N–H and O–H groups in total. The number of carbonyl (C=O) groups is 2. The zero-order chi connectivity index (χ0) is 22.8. The Morgan fingerprint density at radius 2 is 2.12 bits per heavy atom. The number of para-hydroxylation sites is 1. The second-order valence-corrected chi connectivity index (χ2v) is 7.56. The van der Waals surface area contributed by atoms with Gasteiger partial charge in [0, 0.05) is 43.3 Å². The number of nitrogens with zero attached hydrogens (tertiary/aromatic N) is 1. The fraction of sp³-hybridized carbons (Fsp3) is 0.400. The minimum Gasteiger partial charge on any atom is -0.478 e. The highest BCUT2D eigenvalue weighted by atomic mass is 16.6. The lowest BCUT2D eigenvalue weighted by Crippen LogP contribution is -2.43. The first-order valence-electron chi connectivity index (χ1n) is 11.1. The Hall–Kier alpha value is -3.35. The maximum atomic E-state index is 12.8. The van der Waals surface area contributed by atoms with Crippen LogP contribution in [0, 0.1) is 0 Å². The molecule has 1 aromatic rings. The van der Waals surface area contributed by atoms with Gasteiger partial charge in [0.2, 0.25) is 0 Å². The predicted octanol–water partition coefficient (Wildman–Crippen LogP) is 4.38. The van der Waals surface area contributed by atoms with Gasteiger partial charge in [0.1, 0.15) is 5.75 Å². The molecule has 2 aliphatic rings. The maximum Gasteiger partial charge on any atom is 0.347 e. The number of esters is 1. The fourth-order valence-electron chi connectivity index (χ4n) is 3.72. The van der Waals surface area contributed by atoms with Crippen LogP contribution in [0.3, 0.4) is 0 Å². The average Bonchev–Trinajstić information content (AvgIpc) is 3.01. The lowest BCUT2D eigenvalue weighted by atomic mass is 9.96. The topological polar surface area (TPSA) is 89.0 Å². The van der Waals surface area contributed by atoms with E-state index in [0.29, 0.717) is 18.6 Å². The third kappa shape index (κ3) is 6.57. The number of rotatable bonds is 7. The summed E-state index contributed by atoms with van der Waals surface area (Å²) in [5.41, 5.74) is 2.89. The number of aliphatic imine (C=N–C) groups is 1. The second kappa shape index (κ2) is 11.9. The largest absolute Gasteiger partial charge is 0.478 e. The van der Waals surface area contributed by atoms with E-state index in [1.807, 2.05) is 43.5 Å². The summed E-state index contributed by atoms with van der Waals surface area (Å²) in [6, 6.07) is 6.74. The van der Waals surface area contributed by atoms with Crippen LogP contribution in [0.4, 0.5) is 4.79 Å². The van der Waals surface area contributed by atoms with Gasteiger partial charge in [0.25, 0.3) is 0 Å². The van der Waals surface area contributed by atoms with Gasteiger partial charge in [-0.2, -0.15) is 0 Å². The van der Waals surface area contributed by atoms with Crippen LogP contribution >= 0.6 is 0 Å². The molecule has 7 heteroatoms. The summed E-state index contributed by atoms with van der Waals surface area (Å²) in [5, 5.41) is 5.97. The van der Waals surface area contributed by atoms with E-state index in [2.05, 4.69) is 27.8 Å². The second-order valence-electron chi connectivity index (χ2n) is 7.56. The van der Waals surface area contributed by atoms with E-state index in [9.17, 15) is 9.59 Å². The molecule has 0 radical (unpaired) electrons. The Morgan fingerprint density at radius 3 is 2.94 bits per heavy atom. The van der Waals surface area contributed by atoms with Gasteiger partial charge in [0.05, 0.1) is 12.6 Å². The van der Waals surface area contributed by atoms with Crippen molar-refractivity contribution in [1.29, 1.82) is 0 Å². The van der Waals surface area contributed by atoms with Crippen molar-refractivity contribution in [3.05, 3.63) is 65.4 Å². The smallest absolute Gasteiger partial charge is 0.347 e. The minimum absolute atomic E-state index is 0.279. The molecule has 7 nitrogen and oxygen atoms in total. The van der Waals surface area contributed by atoms with Gasteiger partial charge in [-0.3, -0.25) is 4.99 Å². The van der Waals surface area contributed by atoms with Gasteiger partial charge >= 0.3 is 12.0 Å². The van der Waals surface area contributed by atoms with E-state index in [4.69, 9.17) is 9.47 Å². The summed E-state index contributed by atoms with van der Waals surface area (Å²) in [4.78, 5) is 29.3. The summed E-state index contributed by atoms with van der Waals surface area (Å²) in [6.45, 7) is 4.82. The quantitative estimate of drug-likeness (QED) is 0.376. The molecule has 0 spiro atoms. The highest BCUT2D eigenvalue weighted by Gasteiger charge is 2.34. The third-order valence-electron chi connectivity index (χ3n) is 5.20. The molecule has 1 aliphatic heterocycles. The predicted molar refractivity (Wildman–Crippen MR) is 125 cm³/mol. The summed E-state index contributed by atoms with van der Waals surface area (Å²) in [5.74, 6) is 0.157. The zero-order valence-electron chi connectivity index (χ0n) is 18.7. The van der Waals surface area contributed by atoms with Gasteiger partial charge in [-0.25, -0.2) is 9.59 Å². The number of carbonyl (C=O) groups excluding carboxylic acids is 2. The number of urea groups is 1. The lowest BCUT2D eigenvalue weighted by molar-refractivity contribution is -0.152. The molecule has 2 atom stereocenters. The van der Waals surface area contributed by atoms with Crippen molar-refractivity contribution in [2.24, 2.45) is 4.99 Å². The Kier molecular flexibility index (Phi) is 8.66. The molecule has 1 heterocycles. The first kappa shape index (κ1) is 23.3. The number of amides is 2. The molecule has 2 unspecified atom stereocenters. The standard InChI is InChI=1S/C25H31N3O4/c1-3-26-15-9-11-18-10-5-6-12-19(16-18)27-25(30)28-21-17-23(24(29)31-4-2)32-22-14-8-7-13-20(21)22/h5-8,11-15,21,23H,3-4,9-10,16-17H2,1-2H3,(H2,27,28,30)/b18-11+,26-15?. The Morgan fingerprint density at radius 1 is 1.28 bits per heavy atom. The lowest BCUT2D eigenvalue weighted by Gasteiger charge is -2.31. The fourth-order valence-corrected chi connectivity index (χ4v) is 3.72. The van der Waals surface area contributed by atoms with E-state index in [0.717, 1.165) is 30.6 Å². The van der Waals surface area contributed by atoms with Crippen molar-refractivity contribution < 1.29 is 19.1 Å². The Balaban J connectivity index is 1.65. The van der Waals surface area contributed by atoms with E-state index in [1.165, 1.54) is 5.57 Å². The molecule has 0 saturated heterocycles. The van der Waals surface area contributed by atoms with Gasteiger partial charge in [-0.15, -0.1) is 0 Å². The maximum absolute atomic E-state index is 12.8. The molecule has 0 aromatic heterocycles. The van der Waals surface area contributed by atoms with Crippen molar-refractivity contribution in [3.63, 3.8) is 0 Å². The number of nitrogens with one attached hydrogen (secondary N) is 2. The van der Waals surface area contributed by atoms with Crippen LogP contribution in [0.25, 0.3) is 0 Å². The van der Waals surface area contributed by atoms with Crippen LogP contribution in [0.5, 0.6) is 5.75 Å². The van der Waals surface area contributed by atoms with Crippen LogP contribution in [0.1, 0.15) is 51.1 Å². The summed E-state index contributed by atoms with van der Waals surface area (Å²) in [7, 11) is 0. The average molecular weight is 438 g/mol. The number of fused-ring (bicyclic) bond motifs is 1.